The lowest BCUT2D eigenvalue weighted by atomic mass is 9.36. The Morgan fingerprint density at radius 3 is 2.46 bits per heavy atom. The summed E-state index contributed by atoms with van der Waals surface area (Å²) >= 11 is 0. The lowest BCUT2D eigenvalue weighted by molar-refractivity contribution is -0.219. The smallest absolute Gasteiger partial charge is 0.334 e. The van der Waals surface area contributed by atoms with Crippen molar-refractivity contribution in [2.75, 3.05) is 0 Å². The minimum Gasteiger partial charge on any atom is -0.454 e. The Balaban J connectivity index is 1.61. The Morgan fingerprint density at radius 1 is 1.11 bits per heavy atom. The van der Waals surface area contributed by atoms with E-state index >= 15 is 0 Å². The summed E-state index contributed by atoms with van der Waals surface area (Å²) in [5, 5.41) is 0. The molecule has 9 atom stereocenters. The van der Waals surface area contributed by atoms with E-state index in [1.54, 1.807) is 0 Å². The predicted octanol–water partition coefficient (Wildman–Crippen LogP) is 5.53. The molecule has 6 heteroatoms. The maximum absolute atomic E-state index is 14.6. The van der Waals surface area contributed by atoms with Crippen molar-refractivity contribution >= 4 is 23.5 Å². The number of Topliss-reactive ketones (excluding diaryl/α,β-unsaturated/α-hetero) is 2. The van der Waals surface area contributed by atoms with Crippen molar-refractivity contribution in [3.63, 3.8) is 0 Å². The molecule has 0 N–H and O–H groups in total. The molecule has 0 aromatic rings. The van der Waals surface area contributed by atoms with Crippen LogP contribution in [0, 0.1) is 39.9 Å². The number of fused-ring (bicyclic) bond motifs is 7. The highest BCUT2D eigenvalue weighted by Gasteiger charge is 2.75. The number of esters is 2. The highest BCUT2D eigenvalue weighted by Crippen LogP contribution is 2.74. The molecule has 0 radical (unpaired) electrons. The number of rotatable bonds is 4. The first-order valence-corrected chi connectivity index (χ1v) is 14.1. The van der Waals surface area contributed by atoms with Crippen molar-refractivity contribution in [3.8, 4) is 0 Å². The van der Waals surface area contributed by atoms with E-state index in [1.165, 1.54) is 12.5 Å². The van der Waals surface area contributed by atoms with Gasteiger partial charge in [-0.25, -0.2) is 4.79 Å². The fourth-order valence-electron chi connectivity index (χ4n) is 9.63. The largest absolute Gasteiger partial charge is 0.454 e. The van der Waals surface area contributed by atoms with E-state index in [2.05, 4.69) is 40.7 Å². The summed E-state index contributed by atoms with van der Waals surface area (Å²) in [5.74, 6) is -1.03. The van der Waals surface area contributed by atoms with Crippen LogP contribution in [-0.4, -0.2) is 35.7 Å². The van der Waals surface area contributed by atoms with Crippen LogP contribution in [0.25, 0.3) is 0 Å². The first-order valence-electron chi connectivity index (χ1n) is 14.1. The van der Waals surface area contributed by atoms with Gasteiger partial charge in [0.25, 0.3) is 0 Å². The molecule has 0 amide bonds. The van der Waals surface area contributed by atoms with Crippen molar-refractivity contribution < 1.29 is 28.7 Å². The average molecular weight is 511 g/mol. The van der Waals surface area contributed by atoms with Crippen LogP contribution in [0.3, 0.4) is 0 Å². The second kappa shape index (κ2) is 8.64. The van der Waals surface area contributed by atoms with Gasteiger partial charge in [-0.05, 0) is 80.6 Å². The Hall–Kier alpha value is -2.24. The van der Waals surface area contributed by atoms with Gasteiger partial charge >= 0.3 is 11.9 Å². The molecule has 1 aliphatic heterocycles. The highest BCUT2D eigenvalue weighted by atomic mass is 16.6. The molecule has 4 fully saturated rings. The number of carbonyl (C=O) groups excluding carboxylic acids is 4. The van der Waals surface area contributed by atoms with E-state index < -0.39 is 22.9 Å². The molecule has 0 bridgehead atoms. The molecule has 1 unspecified atom stereocenters. The molecule has 202 valence electrons. The van der Waals surface area contributed by atoms with E-state index in [-0.39, 0.29) is 52.7 Å². The van der Waals surface area contributed by atoms with Crippen LogP contribution in [0.1, 0.15) is 93.4 Å². The molecule has 5 aliphatic rings. The molecule has 0 aromatic heterocycles. The maximum atomic E-state index is 14.6. The topological polar surface area (TPSA) is 86.7 Å². The first-order chi connectivity index (χ1) is 17.3. The van der Waals surface area contributed by atoms with Gasteiger partial charge in [-0.3, -0.25) is 14.4 Å². The Bertz CT molecular complexity index is 1130. The van der Waals surface area contributed by atoms with Crippen molar-refractivity contribution in [2.45, 2.75) is 106 Å². The maximum Gasteiger partial charge on any atom is 0.334 e. The lowest BCUT2D eigenvalue weighted by Gasteiger charge is -2.67. The van der Waals surface area contributed by atoms with Crippen molar-refractivity contribution in [1.82, 2.24) is 0 Å². The number of ether oxygens (including phenoxy) is 2. The molecule has 4 aliphatic carbocycles. The summed E-state index contributed by atoms with van der Waals surface area (Å²) in [4.78, 5) is 52.6. The summed E-state index contributed by atoms with van der Waals surface area (Å²) in [6.07, 6.45) is 6.00. The summed E-state index contributed by atoms with van der Waals surface area (Å²) in [5.41, 5.74) is 1.68. The summed E-state index contributed by atoms with van der Waals surface area (Å²) in [6, 6.07) is 0. The van der Waals surface area contributed by atoms with Crippen molar-refractivity contribution in [3.05, 3.63) is 22.8 Å². The van der Waals surface area contributed by atoms with Crippen molar-refractivity contribution in [1.29, 1.82) is 0 Å². The molecule has 0 saturated heterocycles. The second-order valence-corrected chi connectivity index (χ2v) is 13.3. The SMILES string of the molecule is CC(=O)O[C@@H]1C(=O)[C@@]2(C)[C@@H](CCC3C4=C(CCC=C(C)C)C(=O)O[C@H]4C[C@@]32C)[C@@]2(C)CCC(=O)[C@@H](C)[C@H]12. The van der Waals surface area contributed by atoms with Crippen LogP contribution in [0.5, 0.6) is 0 Å². The molecule has 0 spiro atoms. The normalized spacial score (nSPS) is 44.5. The Morgan fingerprint density at radius 2 is 1.81 bits per heavy atom. The standard InChI is InChI=1S/C31H42O6/c1-16(2)9-8-10-19-24-20-11-12-23-29(5)14-13-21(33)17(3)25(29)26(36-18(4)32)27(34)31(23,7)30(20,6)15-22(24)37-28(19)35/h9,17,20,22-23,25-26H,8,10-15H2,1-7H3/t17-,20?,22+,23+,25-,26+,29-,30+,31-/m1/s1. The summed E-state index contributed by atoms with van der Waals surface area (Å²) < 4.78 is 11.8. The van der Waals surface area contributed by atoms with Gasteiger partial charge in [0.1, 0.15) is 11.9 Å². The van der Waals surface area contributed by atoms with E-state index in [4.69, 9.17) is 9.47 Å². The zero-order valence-corrected chi connectivity index (χ0v) is 23.4. The van der Waals surface area contributed by atoms with Crippen LogP contribution in [0.15, 0.2) is 22.8 Å². The number of allylic oxidation sites excluding steroid dienone is 2. The molecule has 1 heterocycles. The summed E-state index contributed by atoms with van der Waals surface area (Å²) in [7, 11) is 0. The van der Waals surface area contributed by atoms with Gasteiger partial charge in [-0.1, -0.05) is 39.3 Å². The quantitative estimate of drug-likeness (QED) is 0.365. The van der Waals surface area contributed by atoms with E-state index in [0.29, 0.717) is 25.7 Å². The van der Waals surface area contributed by atoms with Gasteiger partial charge in [0.15, 0.2) is 11.9 Å². The van der Waals surface area contributed by atoms with Crippen LogP contribution in [-0.2, 0) is 28.7 Å². The van der Waals surface area contributed by atoms with E-state index in [1.807, 2.05) is 6.92 Å². The van der Waals surface area contributed by atoms with Crippen LogP contribution < -0.4 is 0 Å². The molecular weight excluding hydrogens is 468 g/mol. The fourth-order valence-corrected chi connectivity index (χ4v) is 9.63. The molecular formula is C31H42O6. The Kier molecular flexibility index (Phi) is 6.16. The molecule has 6 nitrogen and oxygen atoms in total. The van der Waals surface area contributed by atoms with Gasteiger partial charge in [-0.15, -0.1) is 0 Å². The monoisotopic (exact) mass is 510 g/mol. The fraction of sp³-hybridized carbons (Fsp3) is 0.742. The average Bonchev–Trinajstić information content (AvgIpc) is 3.26. The number of ketones is 2. The third kappa shape index (κ3) is 3.49. The van der Waals surface area contributed by atoms with E-state index in [9.17, 15) is 19.2 Å². The number of carbonyl (C=O) groups is 4. The van der Waals surface area contributed by atoms with Gasteiger partial charge in [0.2, 0.25) is 0 Å². The third-order valence-corrected chi connectivity index (χ3v) is 11.4. The Labute approximate surface area is 220 Å². The van der Waals surface area contributed by atoms with Crippen molar-refractivity contribution in [2.24, 2.45) is 39.9 Å². The zero-order chi connectivity index (χ0) is 27.1. The van der Waals surface area contributed by atoms with Gasteiger partial charge in [0.05, 0.1) is 0 Å². The first kappa shape index (κ1) is 26.4. The van der Waals surface area contributed by atoms with Gasteiger partial charge in [-0.2, -0.15) is 0 Å². The minimum absolute atomic E-state index is 0.0399. The number of hydrogen-bond acceptors (Lipinski definition) is 6. The van der Waals surface area contributed by atoms with Crippen LogP contribution in [0.4, 0.5) is 0 Å². The third-order valence-electron chi connectivity index (χ3n) is 11.4. The molecule has 4 saturated carbocycles. The zero-order valence-electron chi connectivity index (χ0n) is 23.4. The van der Waals surface area contributed by atoms with Gasteiger partial charge < -0.3 is 9.47 Å². The second-order valence-electron chi connectivity index (χ2n) is 13.3. The molecule has 0 aromatic carbocycles. The summed E-state index contributed by atoms with van der Waals surface area (Å²) in [6.45, 7) is 13.9. The number of hydrogen-bond donors (Lipinski definition) is 0. The molecule has 37 heavy (non-hydrogen) atoms. The predicted molar refractivity (Wildman–Crippen MR) is 138 cm³/mol. The van der Waals surface area contributed by atoms with Gasteiger partial charge in [0, 0.05) is 36.2 Å². The van der Waals surface area contributed by atoms with Crippen LogP contribution in [0.2, 0.25) is 0 Å². The lowest BCUT2D eigenvalue weighted by Crippen LogP contribution is -2.70. The molecule has 5 rings (SSSR count). The van der Waals surface area contributed by atoms with E-state index in [0.717, 1.165) is 30.4 Å². The minimum atomic E-state index is -0.923. The highest BCUT2D eigenvalue weighted by molar-refractivity contribution is 5.96. The van der Waals surface area contributed by atoms with Crippen LogP contribution >= 0.6 is 0 Å².